The number of para-hydroxylation sites is 1. The lowest BCUT2D eigenvalue weighted by Crippen LogP contribution is -2.49. The molecule has 5 heteroatoms. The van der Waals surface area contributed by atoms with Crippen molar-refractivity contribution >= 4 is 5.91 Å². The molecule has 0 bridgehead atoms. The lowest BCUT2D eigenvalue weighted by molar-refractivity contribution is -0.182. The van der Waals surface area contributed by atoms with Crippen LogP contribution in [0.5, 0.6) is 5.75 Å². The minimum absolute atomic E-state index is 0.0844. The van der Waals surface area contributed by atoms with Crippen molar-refractivity contribution < 1.29 is 19.0 Å². The van der Waals surface area contributed by atoms with Crippen LogP contribution in [0.25, 0.3) is 0 Å². The summed E-state index contributed by atoms with van der Waals surface area (Å²) in [4.78, 5) is 12.3. The van der Waals surface area contributed by atoms with E-state index in [-0.39, 0.29) is 11.9 Å². The van der Waals surface area contributed by atoms with Crippen molar-refractivity contribution in [3.63, 3.8) is 0 Å². The van der Waals surface area contributed by atoms with Gasteiger partial charge in [0.15, 0.2) is 11.9 Å². The van der Waals surface area contributed by atoms with Gasteiger partial charge in [0.2, 0.25) is 0 Å². The molecule has 0 radical (unpaired) electrons. The third-order valence-corrected chi connectivity index (χ3v) is 4.25. The third-order valence-electron chi connectivity index (χ3n) is 4.25. The van der Waals surface area contributed by atoms with Crippen LogP contribution in [-0.4, -0.2) is 37.1 Å². The summed E-state index contributed by atoms with van der Waals surface area (Å²) in [5.74, 6) is 0.135. The molecule has 2 aliphatic rings. The quantitative estimate of drug-likeness (QED) is 0.927. The van der Waals surface area contributed by atoms with Crippen molar-refractivity contribution in [2.45, 2.75) is 50.5 Å². The molecule has 22 heavy (non-hydrogen) atoms. The number of ether oxygens (including phenoxy) is 3. The summed E-state index contributed by atoms with van der Waals surface area (Å²) in [6.07, 6.45) is 3.06. The summed E-state index contributed by atoms with van der Waals surface area (Å²) in [6.45, 7) is 3.06. The smallest absolute Gasteiger partial charge is 0.260 e. The van der Waals surface area contributed by atoms with Gasteiger partial charge >= 0.3 is 0 Å². The molecular weight excluding hydrogens is 282 g/mol. The zero-order valence-electron chi connectivity index (χ0n) is 12.9. The van der Waals surface area contributed by atoms with Crippen LogP contribution in [-0.2, 0) is 14.3 Å². The maximum absolute atomic E-state index is 12.3. The van der Waals surface area contributed by atoms with Gasteiger partial charge in [0, 0.05) is 18.9 Å². The summed E-state index contributed by atoms with van der Waals surface area (Å²) in [7, 11) is 0. The number of hydrogen-bond acceptors (Lipinski definition) is 4. The molecule has 0 aromatic heterocycles. The van der Waals surface area contributed by atoms with Gasteiger partial charge in [0.1, 0.15) is 5.75 Å². The summed E-state index contributed by atoms with van der Waals surface area (Å²) >= 11 is 0. The van der Waals surface area contributed by atoms with Gasteiger partial charge in [-0.05, 0) is 31.9 Å². The Balaban J connectivity index is 1.52. The molecule has 1 aromatic rings. The van der Waals surface area contributed by atoms with Crippen LogP contribution >= 0.6 is 0 Å². The zero-order chi connectivity index (χ0) is 15.4. The fourth-order valence-electron chi connectivity index (χ4n) is 3.15. The lowest BCUT2D eigenvalue weighted by atomic mass is 9.89. The third kappa shape index (κ3) is 3.59. The monoisotopic (exact) mass is 305 g/mol. The van der Waals surface area contributed by atoms with Gasteiger partial charge in [-0.2, -0.15) is 0 Å². The van der Waals surface area contributed by atoms with Crippen molar-refractivity contribution in [3.05, 3.63) is 30.3 Å². The summed E-state index contributed by atoms with van der Waals surface area (Å²) in [5, 5.41) is 3.07. The van der Waals surface area contributed by atoms with E-state index in [4.69, 9.17) is 14.2 Å². The number of carbonyl (C=O) groups is 1. The van der Waals surface area contributed by atoms with Crippen LogP contribution in [0.3, 0.4) is 0 Å². The largest absolute Gasteiger partial charge is 0.481 e. The summed E-state index contributed by atoms with van der Waals surface area (Å²) in [5.41, 5.74) is 0. The van der Waals surface area contributed by atoms with Gasteiger partial charge in [0.05, 0.1) is 13.2 Å². The first-order valence-electron chi connectivity index (χ1n) is 7.97. The predicted octanol–water partition coefficient (Wildman–Crippen LogP) is 2.26. The molecular formula is C17H23NO4. The molecule has 1 aromatic carbocycles. The van der Waals surface area contributed by atoms with E-state index in [1.165, 1.54) is 0 Å². The Kier molecular flexibility index (Phi) is 4.64. The van der Waals surface area contributed by atoms with E-state index in [2.05, 4.69) is 5.32 Å². The Morgan fingerprint density at radius 1 is 1.32 bits per heavy atom. The average molecular weight is 305 g/mol. The van der Waals surface area contributed by atoms with E-state index >= 15 is 0 Å². The zero-order valence-corrected chi connectivity index (χ0v) is 12.9. The van der Waals surface area contributed by atoms with Crippen molar-refractivity contribution in [2.24, 2.45) is 0 Å². The van der Waals surface area contributed by atoms with Crippen molar-refractivity contribution in [2.75, 3.05) is 13.2 Å². The topological polar surface area (TPSA) is 56.8 Å². The van der Waals surface area contributed by atoms with E-state index < -0.39 is 11.9 Å². The molecule has 2 atom stereocenters. The molecule has 120 valence electrons. The van der Waals surface area contributed by atoms with Gasteiger partial charge in [-0.1, -0.05) is 18.2 Å². The molecule has 1 N–H and O–H groups in total. The second-order valence-electron chi connectivity index (χ2n) is 5.98. The van der Waals surface area contributed by atoms with Crippen molar-refractivity contribution in [1.82, 2.24) is 5.32 Å². The standard InChI is InChI=1S/C17H23NO4/c1-13(22-15-7-3-2-4-8-15)16(19)18-14-6-5-9-17(12-14)20-10-11-21-17/h2-4,7-8,13-14H,5-6,9-12H2,1H3,(H,18,19). The highest BCUT2D eigenvalue weighted by Gasteiger charge is 2.42. The maximum Gasteiger partial charge on any atom is 0.260 e. The molecule has 1 saturated heterocycles. The fraction of sp³-hybridized carbons (Fsp3) is 0.588. The highest BCUT2D eigenvalue weighted by atomic mass is 16.7. The Labute approximate surface area is 130 Å². The highest BCUT2D eigenvalue weighted by Crippen LogP contribution is 2.35. The van der Waals surface area contributed by atoms with Gasteiger partial charge in [-0.15, -0.1) is 0 Å². The number of rotatable bonds is 4. The number of nitrogens with one attached hydrogen (secondary N) is 1. The van der Waals surface area contributed by atoms with E-state index in [1.807, 2.05) is 30.3 Å². The van der Waals surface area contributed by atoms with E-state index in [1.54, 1.807) is 6.92 Å². The van der Waals surface area contributed by atoms with Crippen LogP contribution in [0.4, 0.5) is 0 Å². The first kappa shape index (κ1) is 15.3. The first-order valence-corrected chi connectivity index (χ1v) is 7.97. The Morgan fingerprint density at radius 2 is 2.05 bits per heavy atom. The fourth-order valence-corrected chi connectivity index (χ4v) is 3.15. The maximum atomic E-state index is 12.3. The number of carbonyl (C=O) groups excluding carboxylic acids is 1. The molecule has 3 rings (SSSR count). The molecule has 1 amide bonds. The molecule has 2 fully saturated rings. The molecule has 2 unspecified atom stereocenters. The Bertz CT molecular complexity index is 499. The molecule has 1 aliphatic carbocycles. The van der Waals surface area contributed by atoms with Crippen molar-refractivity contribution in [3.8, 4) is 5.75 Å². The predicted molar refractivity (Wildman–Crippen MR) is 81.6 cm³/mol. The second-order valence-corrected chi connectivity index (χ2v) is 5.98. The molecule has 1 spiro atoms. The van der Waals surface area contributed by atoms with Crippen LogP contribution in [0, 0.1) is 0 Å². The first-order chi connectivity index (χ1) is 10.7. The Morgan fingerprint density at radius 3 is 2.77 bits per heavy atom. The van der Waals surface area contributed by atoms with Gasteiger partial charge < -0.3 is 19.5 Å². The van der Waals surface area contributed by atoms with Crippen molar-refractivity contribution in [1.29, 1.82) is 0 Å². The van der Waals surface area contributed by atoms with Gasteiger partial charge in [-0.3, -0.25) is 4.79 Å². The molecule has 5 nitrogen and oxygen atoms in total. The SMILES string of the molecule is CC(Oc1ccccc1)C(=O)NC1CCCC2(C1)OCCO2. The molecule has 1 aliphatic heterocycles. The summed E-state index contributed by atoms with van der Waals surface area (Å²) in [6, 6.07) is 9.47. The van der Waals surface area contributed by atoms with Crippen LogP contribution < -0.4 is 10.1 Å². The minimum atomic E-state index is -0.523. The van der Waals surface area contributed by atoms with Crippen LogP contribution in [0.1, 0.15) is 32.6 Å². The lowest BCUT2D eigenvalue weighted by Gasteiger charge is -2.36. The highest BCUT2D eigenvalue weighted by molar-refractivity contribution is 5.81. The van der Waals surface area contributed by atoms with Crippen LogP contribution in [0.2, 0.25) is 0 Å². The number of hydrogen-bond donors (Lipinski definition) is 1. The molecule has 1 saturated carbocycles. The minimum Gasteiger partial charge on any atom is -0.481 e. The van der Waals surface area contributed by atoms with Gasteiger partial charge in [0.25, 0.3) is 5.91 Å². The Hall–Kier alpha value is -1.59. The molecule has 1 heterocycles. The van der Waals surface area contributed by atoms with E-state index in [0.29, 0.717) is 19.0 Å². The second kappa shape index (κ2) is 6.67. The van der Waals surface area contributed by atoms with E-state index in [0.717, 1.165) is 25.7 Å². The average Bonchev–Trinajstić information content (AvgIpc) is 2.96. The number of benzene rings is 1. The van der Waals surface area contributed by atoms with Gasteiger partial charge in [-0.25, -0.2) is 0 Å². The normalized spacial score (nSPS) is 24.9. The summed E-state index contributed by atoms with van der Waals surface area (Å²) < 4.78 is 17.1. The number of amides is 1. The van der Waals surface area contributed by atoms with E-state index in [9.17, 15) is 4.79 Å². The van der Waals surface area contributed by atoms with Crippen LogP contribution in [0.15, 0.2) is 30.3 Å².